The molecule has 0 bridgehead atoms. The van der Waals surface area contributed by atoms with Crippen LogP contribution in [0.25, 0.3) is 0 Å². The Balaban J connectivity index is 1.91. The van der Waals surface area contributed by atoms with Crippen molar-refractivity contribution in [2.24, 2.45) is 11.3 Å². The summed E-state index contributed by atoms with van der Waals surface area (Å²) in [6, 6.07) is -0.345. The summed E-state index contributed by atoms with van der Waals surface area (Å²) in [4.78, 5) is 38.4. The molecular weight excluding hydrogens is 274 g/mol. The average Bonchev–Trinajstić information content (AvgIpc) is 3.01. The molecule has 1 heterocycles. The number of likely N-dealkylation sites (N-methyl/N-ethyl adjacent to an activating group) is 1. The Kier molecular flexibility index (Phi) is 4.39. The molecule has 2 rings (SSSR count). The maximum atomic E-state index is 12.1. The monoisotopic (exact) mass is 297 g/mol. The maximum Gasteiger partial charge on any atom is 0.317 e. The van der Waals surface area contributed by atoms with Crippen LogP contribution in [0.3, 0.4) is 0 Å². The van der Waals surface area contributed by atoms with Crippen LogP contribution in [0.15, 0.2) is 0 Å². The molecule has 1 saturated heterocycles. The number of likely N-dealkylation sites (tertiary alicyclic amines) is 1. The van der Waals surface area contributed by atoms with Gasteiger partial charge in [0.15, 0.2) is 0 Å². The first kappa shape index (κ1) is 15.6. The summed E-state index contributed by atoms with van der Waals surface area (Å²) in [5, 5.41) is 12.1. The van der Waals surface area contributed by atoms with Gasteiger partial charge in [-0.05, 0) is 25.7 Å². The molecule has 7 heteroatoms. The van der Waals surface area contributed by atoms with Gasteiger partial charge in [-0.25, -0.2) is 4.79 Å². The Labute approximate surface area is 124 Å². The van der Waals surface area contributed by atoms with Gasteiger partial charge in [-0.2, -0.15) is 0 Å². The minimum atomic E-state index is -0.804. The van der Waals surface area contributed by atoms with Gasteiger partial charge in [0.1, 0.15) is 0 Å². The van der Waals surface area contributed by atoms with E-state index >= 15 is 0 Å². The number of amides is 3. The van der Waals surface area contributed by atoms with Gasteiger partial charge in [0, 0.05) is 26.7 Å². The van der Waals surface area contributed by atoms with Crippen molar-refractivity contribution in [2.75, 3.05) is 33.2 Å². The Morgan fingerprint density at radius 2 is 2.14 bits per heavy atom. The number of carbonyl (C=O) groups excluding carboxylic acids is 2. The highest BCUT2D eigenvalue weighted by atomic mass is 16.4. The number of aliphatic carboxylic acids is 1. The molecule has 0 radical (unpaired) electrons. The Hall–Kier alpha value is -1.79. The summed E-state index contributed by atoms with van der Waals surface area (Å²) in [6.07, 6.45) is 2.40. The van der Waals surface area contributed by atoms with Gasteiger partial charge in [0.05, 0.1) is 12.0 Å². The van der Waals surface area contributed by atoms with Gasteiger partial charge < -0.3 is 20.2 Å². The van der Waals surface area contributed by atoms with Crippen molar-refractivity contribution in [1.29, 1.82) is 0 Å². The summed E-state index contributed by atoms with van der Waals surface area (Å²) >= 11 is 0. The highest BCUT2D eigenvalue weighted by Gasteiger charge is 2.55. The molecule has 0 spiro atoms. The molecule has 2 aliphatic rings. The molecule has 0 aromatic carbocycles. The molecule has 2 atom stereocenters. The van der Waals surface area contributed by atoms with Crippen molar-refractivity contribution in [3.63, 3.8) is 0 Å². The molecule has 0 unspecified atom stereocenters. The van der Waals surface area contributed by atoms with E-state index in [1.807, 2.05) is 6.92 Å². The van der Waals surface area contributed by atoms with Crippen LogP contribution in [0.4, 0.5) is 4.79 Å². The normalized spacial score (nSPS) is 27.3. The van der Waals surface area contributed by atoms with E-state index < -0.39 is 11.4 Å². The second-order valence-electron chi connectivity index (χ2n) is 6.00. The predicted octanol–water partition coefficient (Wildman–Crippen LogP) is 0.361. The van der Waals surface area contributed by atoms with Crippen molar-refractivity contribution in [3.05, 3.63) is 0 Å². The highest BCUT2D eigenvalue weighted by molar-refractivity contribution is 5.85. The lowest BCUT2D eigenvalue weighted by atomic mass is 9.81. The van der Waals surface area contributed by atoms with Crippen LogP contribution in [0.5, 0.6) is 0 Å². The van der Waals surface area contributed by atoms with E-state index in [1.54, 1.807) is 7.05 Å². The number of hydrogen-bond donors (Lipinski definition) is 2. The Morgan fingerprint density at radius 1 is 1.43 bits per heavy atom. The third-order valence-electron chi connectivity index (χ3n) is 4.87. The fraction of sp³-hybridized carbons (Fsp3) is 0.786. The Bertz CT molecular complexity index is 454. The first-order valence-electron chi connectivity index (χ1n) is 7.41. The largest absolute Gasteiger partial charge is 0.481 e. The molecule has 2 fully saturated rings. The van der Waals surface area contributed by atoms with E-state index in [0.717, 1.165) is 12.8 Å². The van der Waals surface area contributed by atoms with E-state index in [2.05, 4.69) is 5.32 Å². The van der Waals surface area contributed by atoms with Crippen molar-refractivity contribution < 1.29 is 19.5 Å². The minimum absolute atomic E-state index is 0.0368. The number of carboxylic acid groups (broad SMARTS) is 1. The molecule has 7 nitrogen and oxygen atoms in total. The van der Waals surface area contributed by atoms with Crippen LogP contribution in [-0.4, -0.2) is 66.0 Å². The fourth-order valence-corrected chi connectivity index (χ4v) is 3.37. The number of carboxylic acids is 1. The van der Waals surface area contributed by atoms with Crippen LogP contribution < -0.4 is 5.32 Å². The molecule has 0 aromatic rings. The Morgan fingerprint density at radius 3 is 2.71 bits per heavy atom. The summed E-state index contributed by atoms with van der Waals surface area (Å²) in [7, 11) is 1.67. The van der Waals surface area contributed by atoms with Crippen LogP contribution >= 0.6 is 0 Å². The number of urea groups is 1. The van der Waals surface area contributed by atoms with Crippen molar-refractivity contribution in [3.8, 4) is 0 Å². The lowest BCUT2D eigenvalue weighted by molar-refractivity contribution is -0.149. The van der Waals surface area contributed by atoms with E-state index in [4.69, 9.17) is 0 Å². The number of nitrogens with zero attached hydrogens (tertiary/aromatic N) is 2. The topological polar surface area (TPSA) is 90.0 Å². The average molecular weight is 297 g/mol. The molecule has 21 heavy (non-hydrogen) atoms. The number of carbonyl (C=O) groups is 3. The lowest BCUT2D eigenvalue weighted by Gasteiger charge is -2.23. The molecule has 3 amide bonds. The van der Waals surface area contributed by atoms with Crippen LogP contribution in [0, 0.1) is 11.3 Å². The summed E-state index contributed by atoms with van der Waals surface area (Å²) in [5.41, 5.74) is -0.776. The highest BCUT2D eigenvalue weighted by Crippen LogP contribution is 2.48. The van der Waals surface area contributed by atoms with Gasteiger partial charge in [-0.1, -0.05) is 6.42 Å². The molecule has 1 saturated carbocycles. The molecular formula is C14H23N3O4. The van der Waals surface area contributed by atoms with E-state index in [1.165, 1.54) is 9.80 Å². The molecule has 0 aromatic heterocycles. The number of nitrogens with one attached hydrogen (secondary N) is 1. The number of rotatable bonds is 4. The van der Waals surface area contributed by atoms with Crippen molar-refractivity contribution >= 4 is 17.9 Å². The number of fused-ring (bicyclic) bond motifs is 1. The van der Waals surface area contributed by atoms with Gasteiger partial charge in [-0.3, -0.25) is 9.59 Å². The van der Waals surface area contributed by atoms with E-state index in [9.17, 15) is 19.5 Å². The minimum Gasteiger partial charge on any atom is -0.481 e. The van der Waals surface area contributed by atoms with Crippen LogP contribution in [0.2, 0.25) is 0 Å². The predicted molar refractivity (Wildman–Crippen MR) is 75.7 cm³/mol. The maximum absolute atomic E-state index is 12.1. The smallest absolute Gasteiger partial charge is 0.317 e. The zero-order valence-corrected chi connectivity index (χ0v) is 12.6. The first-order chi connectivity index (χ1) is 9.90. The summed E-state index contributed by atoms with van der Waals surface area (Å²) in [6.45, 7) is 3.11. The molecule has 1 aliphatic heterocycles. The zero-order chi connectivity index (χ0) is 15.6. The van der Waals surface area contributed by atoms with Gasteiger partial charge in [0.25, 0.3) is 0 Å². The second kappa shape index (κ2) is 5.91. The van der Waals surface area contributed by atoms with Crippen molar-refractivity contribution in [2.45, 2.75) is 26.2 Å². The quantitative estimate of drug-likeness (QED) is 0.784. The van der Waals surface area contributed by atoms with Gasteiger partial charge in [-0.15, -0.1) is 0 Å². The second-order valence-corrected chi connectivity index (χ2v) is 6.00. The standard InChI is InChI=1S/C14H23N3O4/c1-3-16(2)11(18)7-15-13(21)17-8-10-5-4-6-14(10,9-17)12(19)20/h10H,3-9H2,1-2H3,(H,15,21)(H,19,20)/t10-,14+/m0/s1. The third kappa shape index (κ3) is 2.82. The van der Waals surface area contributed by atoms with Crippen molar-refractivity contribution in [1.82, 2.24) is 15.1 Å². The van der Waals surface area contributed by atoms with Crippen LogP contribution in [0.1, 0.15) is 26.2 Å². The zero-order valence-electron chi connectivity index (χ0n) is 12.6. The van der Waals surface area contributed by atoms with Gasteiger partial charge in [0.2, 0.25) is 5.91 Å². The number of hydrogen-bond acceptors (Lipinski definition) is 3. The lowest BCUT2D eigenvalue weighted by Crippen LogP contribution is -2.45. The summed E-state index contributed by atoms with van der Waals surface area (Å²) < 4.78 is 0. The third-order valence-corrected chi connectivity index (χ3v) is 4.87. The first-order valence-corrected chi connectivity index (χ1v) is 7.41. The fourth-order valence-electron chi connectivity index (χ4n) is 3.37. The van der Waals surface area contributed by atoms with Gasteiger partial charge >= 0.3 is 12.0 Å². The molecule has 1 aliphatic carbocycles. The van der Waals surface area contributed by atoms with Crippen LogP contribution in [-0.2, 0) is 9.59 Å². The van der Waals surface area contributed by atoms with E-state index in [-0.39, 0.29) is 30.9 Å². The van der Waals surface area contributed by atoms with E-state index in [0.29, 0.717) is 19.5 Å². The molecule has 2 N–H and O–H groups in total. The SMILES string of the molecule is CCN(C)C(=O)CNC(=O)N1C[C@@H]2CCC[C@@]2(C(=O)O)C1. The molecule has 118 valence electrons. The summed E-state index contributed by atoms with van der Waals surface area (Å²) in [5.74, 6) is -0.921.